The van der Waals surface area contributed by atoms with Crippen LogP contribution in [0, 0.1) is 5.41 Å². The highest BCUT2D eigenvalue weighted by molar-refractivity contribution is 4.78. The highest BCUT2D eigenvalue weighted by atomic mass is 16.5. The van der Waals surface area contributed by atoms with Gasteiger partial charge >= 0.3 is 0 Å². The molecule has 3 heteroatoms. The lowest BCUT2D eigenvalue weighted by atomic mass is 9.86. The van der Waals surface area contributed by atoms with Gasteiger partial charge < -0.3 is 14.7 Å². The van der Waals surface area contributed by atoms with E-state index in [2.05, 4.69) is 18.7 Å². The summed E-state index contributed by atoms with van der Waals surface area (Å²) in [5, 5.41) is 9.46. The van der Waals surface area contributed by atoms with Crippen LogP contribution in [0.25, 0.3) is 0 Å². The van der Waals surface area contributed by atoms with Crippen molar-refractivity contribution in [1.82, 2.24) is 4.90 Å². The van der Waals surface area contributed by atoms with Crippen molar-refractivity contribution in [2.75, 3.05) is 39.5 Å². The lowest BCUT2D eigenvalue weighted by molar-refractivity contribution is 0.0758. The maximum absolute atomic E-state index is 9.46. The fourth-order valence-electron chi connectivity index (χ4n) is 2.31. The van der Waals surface area contributed by atoms with Crippen molar-refractivity contribution >= 4 is 0 Å². The number of hydrogen-bond acceptors (Lipinski definition) is 3. The van der Waals surface area contributed by atoms with Gasteiger partial charge in [-0.2, -0.15) is 0 Å². The van der Waals surface area contributed by atoms with Crippen LogP contribution in [0.15, 0.2) is 0 Å². The largest absolute Gasteiger partial charge is 0.396 e. The van der Waals surface area contributed by atoms with Gasteiger partial charge in [0.15, 0.2) is 0 Å². The second kappa shape index (κ2) is 6.46. The molecule has 0 amide bonds. The van der Waals surface area contributed by atoms with Crippen molar-refractivity contribution in [3.8, 4) is 0 Å². The predicted octanol–water partition coefficient (Wildman–Crippen LogP) is 1.51. The standard InChI is InChI=1S/C12H25NO2/c1-3-5-12(2,11-14)10-13-6-4-8-15-9-7-13/h14H,3-11H2,1-2H3. The first-order valence-electron chi connectivity index (χ1n) is 6.11. The fraction of sp³-hybridized carbons (Fsp3) is 1.00. The van der Waals surface area contributed by atoms with Crippen LogP contribution in [-0.2, 0) is 4.74 Å². The van der Waals surface area contributed by atoms with Crippen molar-refractivity contribution in [3.05, 3.63) is 0 Å². The van der Waals surface area contributed by atoms with E-state index in [1.54, 1.807) is 0 Å². The molecule has 0 spiro atoms. The molecule has 1 saturated heterocycles. The average molecular weight is 215 g/mol. The summed E-state index contributed by atoms with van der Waals surface area (Å²) in [6, 6.07) is 0. The Hall–Kier alpha value is -0.120. The number of nitrogens with zero attached hydrogens (tertiary/aromatic N) is 1. The monoisotopic (exact) mass is 215 g/mol. The molecule has 1 N–H and O–H groups in total. The molecule has 0 aromatic rings. The van der Waals surface area contributed by atoms with Crippen LogP contribution < -0.4 is 0 Å². The first kappa shape index (κ1) is 12.9. The fourth-order valence-corrected chi connectivity index (χ4v) is 2.31. The molecule has 1 aliphatic rings. The molecule has 1 unspecified atom stereocenters. The zero-order valence-corrected chi connectivity index (χ0v) is 10.2. The van der Waals surface area contributed by atoms with Gasteiger partial charge in [0, 0.05) is 38.3 Å². The zero-order chi connectivity index (χ0) is 11.1. The van der Waals surface area contributed by atoms with Crippen LogP contribution in [0.5, 0.6) is 0 Å². The summed E-state index contributed by atoms with van der Waals surface area (Å²) >= 11 is 0. The minimum Gasteiger partial charge on any atom is -0.396 e. The van der Waals surface area contributed by atoms with Crippen LogP contribution in [0.2, 0.25) is 0 Å². The van der Waals surface area contributed by atoms with Crippen molar-refractivity contribution < 1.29 is 9.84 Å². The van der Waals surface area contributed by atoms with Crippen molar-refractivity contribution in [1.29, 1.82) is 0 Å². The summed E-state index contributed by atoms with van der Waals surface area (Å²) in [7, 11) is 0. The Labute approximate surface area is 93.4 Å². The third kappa shape index (κ3) is 4.49. The SMILES string of the molecule is CCCC(C)(CO)CN1CCCOCC1. The molecule has 0 bridgehead atoms. The Morgan fingerprint density at radius 1 is 1.33 bits per heavy atom. The van der Waals surface area contributed by atoms with Crippen LogP contribution in [0.3, 0.4) is 0 Å². The van der Waals surface area contributed by atoms with Gasteiger partial charge in [0.25, 0.3) is 0 Å². The quantitative estimate of drug-likeness (QED) is 0.754. The molecular weight excluding hydrogens is 190 g/mol. The van der Waals surface area contributed by atoms with Gasteiger partial charge in [0.05, 0.1) is 6.61 Å². The Kier molecular flexibility index (Phi) is 5.58. The minimum absolute atomic E-state index is 0.0685. The van der Waals surface area contributed by atoms with Crippen molar-refractivity contribution in [3.63, 3.8) is 0 Å². The number of rotatable bonds is 5. The summed E-state index contributed by atoms with van der Waals surface area (Å²) in [5.41, 5.74) is 0.0685. The van der Waals surface area contributed by atoms with Crippen molar-refractivity contribution in [2.24, 2.45) is 5.41 Å². The van der Waals surface area contributed by atoms with Gasteiger partial charge in [-0.05, 0) is 12.8 Å². The lowest BCUT2D eigenvalue weighted by Gasteiger charge is -2.33. The smallest absolute Gasteiger partial charge is 0.0593 e. The molecular formula is C12H25NO2. The van der Waals surface area contributed by atoms with E-state index >= 15 is 0 Å². The number of hydrogen-bond donors (Lipinski definition) is 1. The zero-order valence-electron chi connectivity index (χ0n) is 10.2. The molecule has 0 aromatic heterocycles. The Morgan fingerprint density at radius 2 is 2.13 bits per heavy atom. The molecule has 1 rings (SSSR count). The maximum Gasteiger partial charge on any atom is 0.0593 e. The molecule has 90 valence electrons. The summed E-state index contributed by atoms with van der Waals surface area (Å²) in [6.07, 6.45) is 3.36. The summed E-state index contributed by atoms with van der Waals surface area (Å²) in [5.74, 6) is 0. The summed E-state index contributed by atoms with van der Waals surface area (Å²) in [4.78, 5) is 2.43. The van der Waals surface area contributed by atoms with Crippen molar-refractivity contribution in [2.45, 2.75) is 33.1 Å². The van der Waals surface area contributed by atoms with Crippen LogP contribution >= 0.6 is 0 Å². The topological polar surface area (TPSA) is 32.7 Å². The Morgan fingerprint density at radius 3 is 2.80 bits per heavy atom. The van der Waals surface area contributed by atoms with E-state index in [4.69, 9.17) is 4.74 Å². The minimum atomic E-state index is 0.0685. The third-order valence-electron chi connectivity index (χ3n) is 3.16. The highest BCUT2D eigenvalue weighted by Crippen LogP contribution is 2.24. The molecule has 1 aliphatic heterocycles. The van der Waals surface area contributed by atoms with Gasteiger partial charge in [0.2, 0.25) is 0 Å². The molecule has 3 nitrogen and oxygen atoms in total. The molecule has 0 aliphatic carbocycles. The summed E-state index contributed by atoms with van der Waals surface area (Å²) in [6.45, 7) is 9.51. The molecule has 1 atom stereocenters. The Bertz CT molecular complexity index is 167. The number of aliphatic hydroxyl groups is 1. The molecule has 1 fully saturated rings. The van der Waals surface area contributed by atoms with E-state index in [0.717, 1.165) is 52.1 Å². The van der Waals surface area contributed by atoms with E-state index in [-0.39, 0.29) is 12.0 Å². The van der Waals surface area contributed by atoms with Gasteiger partial charge in [-0.25, -0.2) is 0 Å². The van der Waals surface area contributed by atoms with E-state index in [1.807, 2.05) is 0 Å². The molecule has 1 heterocycles. The first-order valence-corrected chi connectivity index (χ1v) is 6.11. The first-order chi connectivity index (χ1) is 7.20. The number of aliphatic hydroxyl groups excluding tert-OH is 1. The van der Waals surface area contributed by atoms with Crippen LogP contribution in [-0.4, -0.2) is 49.5 Å². The van der Waals surface area contributed by atoms with Gasteiger partial charge in [-0.3, -0.25) is 0 Å². The lowest BCUT2D eigenvalue weighted by Crippen LogP contribution is -2.39. The predicted molar refractivity (Wildman–Crippen MR) is 62.0 cm³/mol. The molecule has 0 saturated carbocycles. The number of ether oxygens (including phenoxy) is 1. The van der Waals surface area contributed by atoms with E-state index < -0.39 is 0 Å². The normalized spacial score (nSPS) is 23.4. The van der Waals surface area contributed by atoms with E-state index in [9.17, 15) is 5.11 Å². The second-order valence-corrected chi connectivity index (χ2v) is 4.96. The molecule has 15 heavy (non-hydrogen) atoms. The van der Waals surface area contributed by atoms with Crippen LogP contribution in [0.4, 0.5) is 0 Å². The highest BCUT2D eigenvalue weighted by Gasteiger charge is 2.25. The maximum atomic E-state index is 9.46. The van der Waals surface area contributed by atoms with E-state index in [0.29, 0.717) is 0 Å². The van der Waals surface area contributed by atoms with Gasteiger partial charge in [-0.15, -0.1) is 0 Å². The van der Waals surface area contributed by atoms with E-state index in [1.165, 1.54) is 0 Å². The Balaban J connectivity index is 2.41. The van der Waals surface area contributed by atoms with Crippen LogP contribution in [0.1, 0.15) is 33.1 Å². The second-order valence-electron chi connectivity index (χ2n) is 4.96. The average Bonchev–Trinajstić information content (AvgIpc) is 2.47. The van der Waals surface area contributed by atoms with Gasteiger partial charge in [0.1, 0.15) is 0 Å². The molecule has 0 radical (unpaired) electrons. The van der Waals surface area contributed by atoms with Gasteiger partial charge in [-0.1, -0.05) is 20.3 Å². The molecule has 0 aromatic carbocycles. The summed E-state index contributed by atoms with van der Waals surface area (Å²) < 4.78 is 5.43. The third-order valence-corrected chi connectivity index (χ3v) is 3.16.